The summed E-state index contributed by atoms with van der Waals surface area (Å²) in [7, 11) is 0. The van der Waals surface area contributed by atoms with Gasteiger partial charge in [-0.15, -0.1) is 11.8 Å². The van der Waals surface area contributed by atoms with Crippen LogP contribution in [0.3, 0.4) is 0 Å². The van der Waals surface area contributed by atoms with Crippen LogP contribution in [-0.4, -0.2) is 44.9 Å². The number of carboxylic acids is 1. The first-order chi connectivity index (χ1) is 13.2. The van der Waals surface area contributed by atoms with Crippen LogP contribution in [0, 0.1) is 0 Å². The van der Waals surface area contributed by atoms with Gasteiger partial charge in [0.1, 0.15) is 11.4 Å². The first-order valence-corrected chi connectivity index (χ1v) is 11.1. The number of rotatable bonds is 4. The number of nitrogens with zero attached hydrogens (tertiary/aromatic N) is 1. The number of hydrogen-bond donors (Lipinski definition) is 1. The average molecular weight is 489 g/mol. The van der Waals surface area contributed by atoms with Gasteiger partial charge in [-0.25, -0.2) is 0 Å². The molecule has 2 aliphatic heterocycles. The number of carboxylic acid groups (broad SMARTS) is 1. The Morgan fingerprint density at radius 1 is 1.21 bits per heavy atom. The normalized spacial score (nSPS) is 28.9. The number of halogens is 1. The molecule has 0 radical (unpaired) electrons. The van der Waals surface area contributed by atoms with Crippen molar-refractivity contribution in [3.05, 3.63) is 34.3 Å². The molecule has 4 rings (SSSR count). The maximum atomic E-state index is 13.3. The van der Waals surface area contributed by atoms with E-state index in [4.69, 9.17) is 0 Å². The molecule has 2 amide bonds. The van der Waals surface area contributed by atoms with Crippen LogP contribution in [0.5, 0.6) is 0 Å². The summed E-state index contributed by atoms with van der Waals surface area (Å²) in [5, 5.41) is 14.1. The minimum absolute atomic E-state index is 0. The number of thioether (sulfide) groups is 1. The van der Waals surface area contributed by atoms with E-state index in [0.29, 0.717) is 0 Å². The fraction of sp³-hybridized carbons (Fsp3) is 0.550. The second kappa shape index (κ2) is 8.19. The Labute approximate surface area is 205 Å². The van der Waals surface area contributed by atoms with Gasteiger partial charge in [-0.3, -0.25) is 9.59 Å². The maximum absolute atomic E-state index is 13.3. The first kappa shape index (κ1) is 23.1. The molecule has 29 heavy (non-hydrogen) atoms. The maximum Gasteiger partial charge on any atom is 1.00 e. The van der Waals surface area contributed by atoms with Crippen LogP contribution in [0.4, 0.5) is 0 Å². The molecule has 0 spiro atoms. The Balaban J connectivity index is 0.00000240. The molecule has 0 bridgehead atoms. The molecule has 1 aliphatic carbocycles. The van der Waals surface area contributed by atoms with Gasteiger partial charge in [-0.05, 0) is 44.4 Å². The van der Waals surface area contributed by atoms with Gasteiger partial charge < -0.3 is 20.1 Å². The molecule has 3 aliphatic rings. The van der Waals surface area contributed by atoms with Crippen LogP contribution in [-0.2, 0) is 19.8 Å². The summed E-state index contributed by atoms with van der Waals surface area (Å²) < 4.78 is 0.294. The van der Waals surface area contributed by atoms with Crippen LogP contribution in [0.25, 0.3) is 0 Å². The number of aliphatic carboxylic acids is 1. The van der Waals surface area contributed by atoms with E-state index in [1.807, 2.05) is 24.3 Å². The van der Waals surface area contributed by atoms with Gasteiger partial charge >= 0.3 is 29.6 Å². The third-order valence-electron chi connectivity index (χ3n) is 6.24. The molecule has 2 saturated heterocycles. The van der Waals surface area contributed by atoms with E-state index in [1.54, 1.807) is 13.8 Å². The average Bonchev–Trinajstić information content (AvgIpc) is 3.22. The van der Waals surface area contributed by atoms with Crippen molar-refractivity contribution in [2.45, 2.75) is 67.2 Å². The number of hydrogen-bond acceptors (Lipinski definition) is 5. The van der Waals surface area contributed by atoms with Gasteiger partial charge in [-0.1, -0.05) is 40.9 Å². The Kier molecular flexibility index (Phi) is 6.53. The zero-order valence-electron chi connectivity index (χ0n) is 16.7. The molecular formula is C20H22BrN2NaO4S. The topological polar surface area (TPSA) is 89.5 Å². The second-order valence-corrected chi connectivity index (χ2v) is 11.0. The van der Waals surface area contributed by atoms with Crippen molar-refractivity contribution < 1.29 is 49.0 Å². The number of fused-ring (bicyclic) bond motifs is 1. The minimum Gasteiger partial charge on any atom is -0.548 e. The summed E-state index contributed by atoms with van der Waals surface area (Å²) >= 11 is 4.84. The van der Waals surface area contributed by atoms with Crippen molar-refractivity contribution in [2.24, 2.45) is 0 Å². The molecule has 3 fully saturated rings. The molecule has 9 heteroatoms. The van der Waals surface area contributed by atoms with E-state index in [1.165, 1.54) is 16.7 Å². The summed E-state index contributed by atoms with van der Waals surface area (Å²) in [5.74, 6) is -1.73. The van der Waals surface area contributed by atoms with E-state index in [-0.39, 0.29) is 46.7 Å². The fourth-order valence-electron chi connectivity index (χ4n) is 4.80. The molecular weight excluding hydrogens is 467 g/mol. The van der Waals surface area contributed by atoms with Gasteiger partial charge in [0.2, 0.25) is 11.8 Å². The molecule has 0 aromatic heterocycles. The van der Waals surface area contributed by atoms with E-state index >= 15 is 0 Å². The summed E-state index contributed by atoms with van der Waals surface area (Å²) in [5.41, 5.74) is 0.329. The summed E-state index contributed by atoms with van der Waals surface area (Å²) in [6.07, 6.45) is 3.42. The first-order valence-electron chi connectivity index (χ1n) is 9.45. The molecule has 1 N–H and O–H groups in total. The monoisotopic (exact) mass is 488 g/mol. The summed E-state index contributed by atoms with van der Waals surface area (Å²) in [6.45, 7) is 3.59. The molecule has 3 unspecified atom stereocenters. The molecule has 150 valence electrons. The predicted molar refractivity (Wildman–Crippen MR) is 107 cm³/mol. The predicted octanol–water partition coefficient (Wildman–Crippen LogP) is -1.44. The molecule has 6 nitrogen and oxygen atoms in total. The number of carbonyl (C=O) groups is 3. The summed E-state index contributed by atoms with van der Waals surface area (Å²) in [6, 6.07) is 6.12. The van der Waals surface area contributed by atoms with Crippen molar-refractivity contribution in [2.75, 3.05) is 0 Å². The van der Waals surface area contributed by atoms with Crippen LogP contribution >= 0.6 is 27.7 Å². The SMILES string of the molecule is CC1(C)SC2C(NC(=O)C3(c4ccc(Br)cc4)CCCC3)C(=O)N2C1C(=O)[O-].[Na+]. The van der Waals surface area contributed by atoms with E-state index in [2.05, 4.69) is 21.2 Å². The molecule has 1 saturated carbocycles. The number of nitrogens with one attached hydrogen (secondary N) is 1. The van der Waals surface area contributed by atoms with Gasteiger partial charge in [0.05, 0.1) is 17.4 Å². The van der Waals surface area contributed by atoms with Crippen LogP contribution in [0.1, 0.15) is 45.1 Å². The Morgan fingerprint density at radius 2 is 1.79 bits per heavy atom. The number of carbonyl (C=O) groups excluding carboxylic acids is 3. The standard InChI is InChI=1S/C20H23BrN2O4S.Na/c1-19(2)14(17(25)26)23-15(24)13(16(23)28-19)22-18(27)20(9-3-4-10-20)11-5-7-12(21)8-6-11;/h5-8,13-14,16H,3-4,9-10H2,1-2H3,(H,22,27)(H,25,26);/q;+1/p-1. The summed E-state index contributed by atoms with van der Waals surface area (Å²) in [4.78, 5) is 38.9. The Hall–Kier alpha value is -0.540. The number of benzene rings is 1. The molecule has 1 aromatic rings. The van der Waals surface area contributed by atoms with Crippen molar-refractivity contribution in [3.8, 4) is 0 Å². The quantitative estimate of drug-likeness (QED) is 0.414. The zero-order valence-corrected chi connectivity index (χ0v) is 21.1. The smallest absolute Gasteiger partial charge is 0.548 e. The van der Waals surface area contributed by atoms with Crippen molar-refractivity contribution in [3.63, 3.8) is 0 Å². The molecule has 2 heterocycles. The third kappa shape index (κ3) is 3.69. The van der Waals surface area contributed by atoms with E-state index in [0.717, 1.165) is 35.7 Å². The van der Waals surface area contributed by atoms with Crippen LogP contribution < -0.4 is 40.0 Å². The largest absolute Gasteiger partial charge is 1.00 e. The van der Waals surface area contributed by atoms with Gasteiger partial charge in [-0.2, -0.15) is 0 Å². The molecule has 3 atom stereocenters. The van der Waals surface area contributed by atoms with Crippen molar-refractivity contribution in [1.29, 1.82) is 0 Å². The van der Waals surface area contributed by atoms with Gasteiger partial charge in [0.15, 0.2) is 0 Å². The van der Waals surface area contributed by atoms with E-state index in [9.17, 15) is 19.5 Å². The van der Waals surface area contributed by atoms with E-state index < -0.39 is 28.2 Å². The second-order valence-electron chi connectivity index (χ2n) is 8.33. The van der Waals surface area contributed by atoms with Gasteiger partial charge in [0.25, 0.3) is 0 Å². The van der Waals surface area contributed by atoms with Crippen molar-refractivity contribution in [1.82, 2.24) is 10.2 Å². The number of β-lactam (4-membered cyclic amide) rings is 1. The third-order valence-corrected chi connectivity index (χ3v) is 8.34. The molecule has 1 aromatic carbocycles. The van der Waals surface area contributed by atoms with Gasteiger partial charge in [0, 0.05) is 9.22 Å². The van der Waals surface area contributed by atoms with Crippen LogP contribution in [0.2, 0.25) is 0 Å². The van der Waals surface area contributed by atoms with Crippen molar-refractivity contribution >= 4 is 45.5 Å². The zero-order chi connectivity index (χ0) is 20.3. The van der Waals surface area contributed by atoms with Crippen LogP contribution in [0.15, 0.2) is 28.7 Å². The fourth-order valence-corrected chi connectivity index (χ4v) is 6.69. The number of amides is 2. The minimum atomic E-state index is -1.25. The Morgan fingerprint density at radius 3 is 2.34 bits per heavy atom. The Bertz CT molecular complexity index is 841.